The summed E-state index contributed by atoms with van der Waals surface area (Å²) in [4.78, 5) is 13.9. The van der Waals surface area contributed by atoms with E-state index in [0.29, 0.717) is 17.9 Å². The second kappa shape index (κ2) is 10.2. The second-order valence-electron chi connectivity index (χ2n) is 7.89. The van der Waals surface area contributed by atoms with Crippen molar-refractivity contribution in [2.75, 3.05) is 18.2 Å². The molecule has 0 atom stereocenters. The smallest absolute Gasteiger partial charge is 0.248 e. The number of furan rings is 1. The minimum atomic E-state index is -0.292. The highest BCUT2D eigenvalue weighted by Crippen LogP contribution is 2.40. The van der Waals surface area contributed by atoms with Crippen LogP contribution in [0.3, 0.4) is 0 Å². The van der Waals surface area contributed by atoms with Gasteiger partial charge in [0.1, 0.15) is 17.1 Å². The van der Waals surface area contributed by atoms with Crippen molar-refractivity contribution in [3.8, 4) is 16.9 Å². The van der Waals surface area contributed by atoms with Gasteiger partial charge in [0.2, 0.25) is 5.91 Å². The molecule has 0 aliphatic heterocycles. The van der Waals surface area contributed by atoms with Crippen LogP contribution in [0, 0.1) is 12.7 Å². The number of hydrogen-bond donors (Lipinski definition) is 1. The minimum absolute atomic E-state index is 0.222. The number of carbonyl (C=O) groups excluding carboxylic acids is 1. The van der Waals surface area contributed by atoms with E-state index in [2.05, 4.69) is 5.32 Å². The zero-order valence-electron chi connectivity index (χ0n) is 19.6. The summed E-state index contributed by atoms with van der Waals surface area (Å²) < 4.78 is 25.3. The van der Waals surface area contributed by atoms with E-state index in [0.717, 1.165) is 43.8 Å². The second-order valence-corrected chi connectivity index (χ2v) is 8.77. The highest BCUT2D eigenvalue weighted by Gasteiger charge is 2.19. The van der Waals surface area contributed by atoms with Crippen LogP contribution in [0.4, 0.5) is 10.1 Å². The van der Waals surface area contributed by atoms with Gasteiger partial charge in [0.15, 0.2) is 0 Å². The fourth-order valence-corrected chi connectivity index (χ4v) is 4.33. The van der Waals surface area contributed by atoms with Crippen LogP contribution in [0.2, 0.25) is 0 Å². The van der Waals surface area contributed by atoms with Crippen molar-refractivity contribution in [2.45, 2.75) is 25.7 Å². The molecule has 0 unspecified atom stereocenters. The third-order valence-corrected chi connectivity index (χ3v) is 6.36. The number of ether oxygens (including phenoxy) is 1. The minimum Gasteiger partial charge on any atom is -0.493 e. The first-order chi connectivity index (χ1) is 16.4. The van der Waals surface area contributed by atoms with Crippen molar-refractivity contribution in [2.24, 2.45) is 0 Å². The average Bonchev–Trinajstić information content (AvgIpc) is 3.26. The fourth-order valence-electron chi connectivity index (χ4n) is 3.92. The van der Waals surface area contributed by atoms with Crippen LogP contribution < -0.4 is 10.1 Å². The van der Waals surface area contributed by atoms with Crippen LogP contribution in [-0.2, 0) is 4.79 Å². The van der Waals surface area contributed by atoms with Gasteiger partial charge < -0.3 is 14.5 Å². The molecule has 0 bridgehead atoms. The number of thioether (sulfide) groups is 1. The van der Waals surface area contributed by atoms with Gasteiger partial charge in [-0.2, -0.15) is 0 Å². The highest BCUT2D eigenvalue weighted by atomic mass is 32.2. The number of benzene rings is 3. The van der Waals surface area contributed by atoms with Gasteiger partial charge >= 0.3 is 0 Å². The lowest BCUT2D eigenvalue weighted by molar-refractivity contribution is -0.111. The van der Waals surface area contributed by atoms with Crippen molar-refractivity contribution in [1.82, 2.24) is 0 Å². The van der Waals surface area contributed by atoms with Crippen molar-refractivity contribution in [1.29, 1.82) is 0 Å². The lowest BCUT2D eigenvalue weighted by Crippen LogP contribution is -2.09. The summed E-state index contributed by atoms with van der Waals surface area (Å²) in [6.45, 7) is 6.22. The Morgan fingerprint density at radius 3 is 2.50 bits per heavy atom. The Hall–Kier alpha value is -3.51. The number of hydrogen-bond acceptors (Lipinski definition) is 4. The number of halogens is 1. The summed E-state index contributed by atoms with van der Waals surface area (Å²) in [7, 11) is 0. The Bertz CT molecular complexity index is 1360. The van der Waals surface area contributed by atoms with Gasteiger partial charge in [0.25, 0.3) is 0 Å². The molecule has 174 valence electrons. The molecule has 0 spiro atoms. The number of amides is 1. The van der Waals surface area contributed by atoms with Gasteiger partial charge in [-0.1, -0.05) is 12.1 Å². The Balaban J connectivity index is 1.74. The van der Waals surface area contributed by atoms with Crippen LogP contribution >= 0.6 is 11.8 Å². The van der Waals surface area contributed by atoms with E-state index in [9.17, 15) is 9.18 Å². The third kappa shape index (κ3) is 4.87. The molecule has 1 N–H and O–H groups in total. The Labute approximate surface area is 202 Å². The number of fused-ring (bicyclic) bond motifs is 1. The summed E-state index contributed by atoms with van der Waals surface area (Å²) in [5.74, 6) is 0.168. The van der Waals surface area contributed by atoms with Gasteiger partial charge in [-0.3, -0.25) is 4.79 Å². The molecule has 6 heteroatoms. The van der Waals surface area contributed by atoms with E-state index in [1.54, 1.807) is 36.2 Å². The molecule has 3 aromatic carbocycles. The summed E-state index contributed by atoms with van der Waals surface area (Å²) in [5.41, 5.74) is 5.57. The molecule has 0 saturated heterocycles. The number of nitrogens with one attached hydrogen (secondary N) is 1. The van der Waals surface area contributed by atoms with E-state index in [1.807, 2.05) is 57.4 Å². The molecule has 0 saturated carbocycles. The molecular weight excluding hydrogens is 449 g/mol. The Morgan fingerprint density at radius 1 is 1.15 bits per heavy atom. The van der Waals surface area contributed by atoms with Gasteiger partial charge in [-0.05, 0) is 80.6 Å². The fraction of sp³-hybridized carbons (Fsp3) is 0.179. The van der Waals surface area contributed by atoms with Crippen LogP contribution in [0.5, 0.6) is 5.75 Å². The molecule has 4 aromatic rings. The van der Waals surface area contributed by atoms with Crippen LogP contribution in [0.25, 0.3) is 27.7 Å². The topological polar surface area (TPSA) is 51.5 Å². The number of aryl methyl sites for hydroxylation is 1. The molecule has 0 fully saturated rings. The SMILES string of the molecule is CCOc1c(/C(C)=C/C(=O)Nc2ccc(SC)cc2)cc2c(-c3ccc(F)cc3)coc2c1C. The highest BCUT2D eigenvalue weighted by molar-refractivity contribution is 7.98. The van der Waals surface area contributed by atoms with Gasteiger partial charge in [-0.25, -0.2) is 4.39 Å². The normalized spacial score (nSPS) is 11.6. The maximum absolute atomic E-state index is 13.4. The number of allylic oxidation sites excluding steroid dienone is 1. The van der Waals surface area contributed by atoms with E-state index in [1.165, 1.54) is 12.1 Å². The molecule has 0 aliphatic rings. The predicted octanol–water partition coefficient (Wildman–Crippen LogP) is 7.71. The van der Waals surface area contributed by atoms with Crippen molar-refractivity contribution < 1.29 is 18.3 Å². The van der Waals surface area contributed by atoms with Crippen molar-refractivity contribution in [3.05, 3.63) is 83.9 Å². The van der Waals surface area contributed by atoms with Gasteiger partial charge in [0.05, 0.1) is 12.9 Å². The molecule has 1 heterocycles. The Kier molecular flexibility index (Phi) is 7.08. The summed E-state index contributed by atoms with van der Waals surface area (Å²) in [6.07, 6.45) is 5.26. The standard InChI is InChI=1S/C28H26FNO3S/c1-5-32-27-18(3)28-24(25(16-33-28)19-6-8-20(29)9-7-19)15-23(27)17(2)14-26(31)30-21-10-12-22(34-4)13-11-21/h6-16H,5H2,1-4H3,(H,30,31)/b17-14+. The van der Waals surface area contributed by atoms with E-state index in [-0.39, 0.29) is 11.7 Å². The zero-order valence-corrected chi connectivity index (χ0v) is 20.4. The number of anilines is 1. The first kappa shape index (κ1) is 23.6. The maximum atomic E-state index is 13.4. The number of rotatable bonds is 7. The molecule has 34 heavy (non-hydrogen) atoms. The average molecular weight is 476 g/mol. The first-order valence-electron chi connectivity index (χ1n) is 11.0. The summed E-state index contributed by atoms with van der Waals surface area (Å²) >= 11 is 1.65. The van der Waals surface area contributed by atoms with Gasteiger partial charge in [-0.15, -0.1) is 11.8 Å². The molecule has 4 nitrogen and oxygen atoms in total. The quantitative estimate of drug-likeness (QED) is 0.220. The summed E-state index contributed by atoms with van der Waals surface area (Å²) in [6, 6.07) is 16.0. The van der Waals surface area contributed by atoms with E-state index in [4.69, 9.17) is 9.15 Å². The maximum Gasteiger partial charge on any atom is 0.248 e. The predicted molar refractivity (Wildman–Crippen MR) is 138 cm³/mol. The molecule has 0 aliphatic carbocycles. The van der Waals surface area contributed by atoms with Crippen molar-refractivity contribution in [3.63, 3.8) is 0 Å². The Morgan fingerprint density at radius 2 is 1.85 bits per heavy atom. The number of carbonyl (C=O) groups is 1. The first-order valence-corrected chi connectivity index (χ1v) is 12.2. The van der Waals surface area contributed by atoms with Gasteiger partial charge in [0, 0.05) is 38.7 Å². The monoisotopic (exact) mass is 475 g/mol. The van der Waals surface area contributed by atoms with E-state index < -0.39 is 0 Å². The molecular formula is C28H26FNO3S. The lowest BCUT2D eigenvalue weighted by atomic mass is 9.96. The van der Waals surface area contributed by atoms with Crippen LogP contribution in [-0.4, -0.2) is 18.8 Å². The molecule has 1 aromatic heterocycles. The molecule has 4 rings (SSSR count). The van der Waals surface area contributed by atoms with Crippen LogP contribution in [0.15, 0.2) is 76.2 Å². The summed E-state index contributed by atoms with van der Waals surface area (Å²) in [5, 5.41) is 3.79. The molecule has 1 amide bonds. The van der Waals surface area contributed by atoms with Crippen LogP contribution in [0.1, 0.15) is 25.0 Å². The third-order valence-electron chi connectivity index (χ3n) is 5.62. The lowest BCUT2D eigenvalue weighted by Gasteiger charge is -2.15. The zero-order chi connectivity index (χ0) is 24.2. The largest absolute Gasteiger partial charge is 0.493 e. The van der Waals surface area contributed by atoms with Crippen molar-refractivity contribution >= 4 is 39.9 Å². The molecule has 0 radical (unpaired) electrons. The van der Waals surface area contributed by atoms with E-state index >= 15 is 0 Å².